The Balaban J connectivity index is 0.966. The third kappa shape index (κ3) is 6.30. The fraction of sp³-hybridized carbons (Fsp3) is 0.475. The molecule has 3 N–H and O–H groups in total. The van der Waals surface area contributed by atoms with Crippen molar-refractivity contribution in [1.82, 2.24) is 28.9 Å². The second-order valence-corrected chi connectivity index (χ2v) is 16.8. The zero-order valence-corrected chi connectivity index (χ0v) is 32.6. The van der Waals surface area contributed by atoms with Crippen molar-refractivity contribution in [3.63, 3.8) is 0 Å². The summed E-state index contributed by atoms with van der Waals surface area (Å²) in [6, 6.07) is 11.1. The molecule has 4 aliphatic rings. The van der Waals surface area contributed by atoms with E-state index in [2.05, 4.69) is 34.3 Å². The van der Waals surface area contributed by atoms with Gasteiger partial charge in [0.25, 0.3) is 11.8 Å². The van der Waals surface area contributed by atoms with Crippen molar-refractivity contribution < 1.29 is 19.5 Å². The van der Waals surface area contributed by atoms with Gasteiger partial charge in [-0.2, -0.15) is 0 Å². The quantitative estimate of drug-likeness (QED) is 0.169. The molecule has 2 aromatic carbocycles. The van der Waals surface area contributed by atoms with Crippen molar-refractivity contribution in [3.8, 4) is 11.1 Å². The molecule has 2 amide bonds. The molecule has 4 aromatic rings. The number of carboxylic acid groups (broad SMARTS) is 1. The lowest BCUT2D eigenvalue weighted by Gasteiger charge is -2.35. The summed E-state index contributed by atoms with van der Waals surface area (Å²) in [6.07, 6.45) is 5.76. The molecular formula is C40H46Cl2N8O4. The smallest absolute Gasteiger partial charge is 0.309 e. The Kier molecular flexibility index (Phi) is 9.39. The first-order valence-electron chi connectivity index (χ1n) is 18.8. The van der Waals surface area contributed by atoms with Crippen molar-refractivity contribution in [2.75, 3.05) is 30.3 Å². The second-order valence-electron chi connectivity index (χ2n) is 16.1. The number of carboxylic acids is 1. The molecule has 0 saturated heterocycles. The number of hydrogen-bond acceptors (Lipinski definition) is 7. The largest absolute Gasteiger partial charge is 0.481 e. The van der Waals surface area contributed by atoms with Gasteiger partial charge in [0.1, 0.15) is 0 Å². The average Bonchev–Trinajstić information content (AvgIpc) is 3.90. The van der Waals surface area contributed by atoms with Gasteiger partial charge in [-0.1, -0.05) is 47.5 Å². The van der Waals surface area contributed by atoms with Crippen molar-refractivity contribution in [1.29, 1.82) is 0 Å². The molecule has 2 saturated carbocycles. The van der Waals surface area contributed by atoms with Crippen LogP contribution < -0.4 is 10.6 Å². The molecule has 14 heteroatoms. The lowest BCUT2D eigenvalue weighted by molar-refractivity contribution is -0.148. The van der Waals surface area contributed by atoms with Crippen LogP contribution in [0.15, 0.2) is 36.4 Å². The summed E-state index contributed by atoms with van der Waals surface area (Å²) in [7, 11) is 3.74. The molecule has 2 aliphatic carbocycles. The van der Waals surface area contributed by atoms with Crippen LogP contribution in [-0.2, 0) is 44.8 Å². The van der Waals surface area contributed by atoms with Crippen LogP contribution in [0.25, 0.3) is 11.1 Å². The summed E-state index contributed by atoms with van der Waals surface area (Å²) >= 11 is 13.9. The van der Waals surface area contributed by atoms with E-state index in [0.29, 0.717) is 63.3 Å². The Morgan fingerprint density at radius 2 is 1.31 bits per heavy atom. The molecule has 54 heavy (non-hydrogen) atoms. The standard InChI is InChI=1S/C40H46Cl2N8O4/c1-23(2)50-18-12-31-29(20-50)44-35(48(31)4)37(52)46-27-10-6-8-25(33(27)42)24-7-5-9-26(32(24)41)45-36(51)34-43-28-19-49(17-11-30(28)47(34)3)22-39-13-15-40(21-39,16-14-39)38(53)54/h5-10,23H,11-22H2,1-4H3,(H,45,51)(H,46,52)(H,53,54). The van der Waals surface area contributed by atoms with Crippen LogP contribution in [0.4, 0.5) is 11.4 Å². The average molecular weight is 774 g/mol. The maximum absolute atomic E-state index is 13.7. The van der Waals surface area contributed by atoms with Crippen LogP contribution in [0.5, 0.6) is 0 Å². The number of fused-ring (bicyclic) bond motifs is 4. The fourth-order valence-corrected chi connectivity index (χ4v) is 10.0. The van der Waals surface area contributed by atoms with E-state index in [1.54, 1.807) is 24.3 Å². The Bertz CT molecular complexity index is 2180. The lowest BCUT2D eigenvalue weighted by atomic mass is 9.81. The molecule has 4 heterocycles. The summed E-state index contributed by atoms with van der Waals surface area (Å²) < 4.78 is 3.73. The topological polar surface area (TPSA) is 138 Å². The van der Waals surface area contributed by atoms with Crippen LogP contribution in [0, 0.1) is 10.8 Å². The fourth-order valence-electron chi connectivity index (χ4n) is 9.45. The van der Waals surface area contributed by atoms with E-state index in [-0.39, 0.29) is 17.2 Å². The minimum Gasteiger partial charge on any atom is -0.481 e. The number of nitrogens with one attached hydrogen (secondary N) is 2. The Morgan fingerprint density at radius 3 is 1.81 bits per heavy atom. The van der Waals surface area contributed by atoms with E-state index in [1.807, 2.05) is 35.4 Å². The molecule has 2 aliphatic heterocycles. The third-order valence-corrected chi connectivity index (χ3v) is 13.3. The minimum atomic E-state index is -0.647. The van der Waals surface area contributed by atoms with Crippen molar-refractivity contribution >= 4 is 52.4 Å². The maximum Gasteiger partial charge on any atom is 0.309 e. The molecule has 284 valence electrons. The predicted molar refractivity (Wildman–Crippen MR) is 208 cm³/mol. The number of hydrogen-bond donors (Lipinski definition) is 3. The molecular weight excluding hydrogens is 727 g/mol. The summed E-state index contributed by atoms with van der Waals surface area (Å²) in [5.74, 6) is -0.759. The Hall–Kier alpha value is -4.23. The molecule has 12 nitrogen and oxygen atoms in total. The highest BCUT2D eigenvalue weighted by Gasteiger charge is 2.58. The highest BCUT2D eigenvalue weighted by Crippen LogP contribution is 2.62. The molecule has 0 radical (unpaired) electrons. The number of imidazole rings is 2. The SMILES string of the molecule is CC(C)N1CCc2c(nc(C(=O)Nc3cccc(-c4cccc(NC(=O)c5nc6c(n5C)CCN(CC57CCC(C(=O)O)(CC5)C7)C6)c4Cl)c3Cl)n2C)C1. The monoisotopic (exact) mass is 772 g/mol. The van der Waals surface area contributed by atoms with Gasteiger partial charge in [0.2, 0.25) is 0 Å². The zero-order chi connectivity index (χ0) is 38.1. The number of amides is 2. The first-order chi connectivity index (χ1) is 25.8. The minimum absolute atomic E-state index is 0.0508. The van der Waals surface area contributed by atoms with E-state index < -0.39 is 11.4 Å². The van der Waals surface area contributed by atoms with Gasteiger partial charge < -0.3 is 24.9 Å². The van der Waals surface area contributed by atoms with Gasteiger partial charge in [0.15, 0.2) is 11.6 Å². The summed E-state index contributed by atoms with van der Waals surface area (Å²) in [6.45, 7) is 8.26. The van der Waals surface area contributed by atoms with Gasteiger partial charge in [-0.05, 0) is 63.5 Å². The second kappa shape index (κ2) is 13.8. The van der Waals surface area contributed by atoms with Crippen LogP contribution in [-0.4, -0.2) is 77.5 Å². The number of aromatic nitrogens is 4. The highest BCUT2D eigenvalue weighted by atomic mass is 35.5. The maximum atomic E-state index is 13.7. The first-order valence-corrected chi connectivity index (χ1v) is 19.5. The number of carbonyl (C=O) groups excluding carboxylic acids is 2. The van der Waals surface area contributed by atoms with Gasteiger partial charge in [-0.15, -0.1) is 0 Å². The van der Waals surface area contributed by atoms with E-state index >= 15 is 0 Å². The molecule has 2 bridgehead atoms. The predicted octanol–water partition coefficient (Wildman–Crippen LogP) is 6.79. The van der Waals surface area contributed by atoms with E-state index in [1.165, 1.54) is 0 Å². The number of aliphatic carboxylic acids is 1. The van der Waals surface area contributed by atoms with Crippen LogP contribution in [0.2, 0.25) is 10.0 Å². The van der Waals surface area contributed by atoms with Gasteiger partial charge in [-0.3, -0.25) is 24.2 Å². The van der Waals surface area contributed by atoms with E-state index in [0.717, 1.165) is 87.4 Å². The van der Waals surface area contributed by atoms with Crippen LogP contribution in [0.3, 0.4) is 0 Å². The third-order valence-electron chi connectivity index (χ3n) is 12.5. The van der Waals surface area contributed by atoms with Gasteiger partial charge >= 0.3 is 5.97 Å². The Labute approximate surface area is 324 Å². The molecule has 0 spiro atoms. The van der Waals surface area contributed by atoms with E-state index in [4.69, 9.17) is 33.2 Å². The lowest BCUT2D eigenvalue weighted by Crippen LogP contribution is -2.39. The number of rotatable bonds is 9. The molecule has 0 unspecified atom stereocenters. The van der Waals surface area contributed by atoms with Crippen molar-refractivity contribution in [3.05, 3.63) is 80.9 Å². The molecule has 8 rings (SSSR count). The number of carbonyl (C=O) groups is 3. The van der Waals surface area contributed by atoms with Gasteiger partial charge in [0.05, 0.1) is 38.2 Å². The van der Waals surface area contributed by atoms with E-state index in [9.17, 15) is 19.5 Å². The summed E-state index contributed by atoms with van der Waals surface area (Å²) in [4.78, 5) is 53.5. The molecule has 2 fully saturated rings. The normalized spacial score (nSPS) is 22.4. The summed E-state index contributed by atoms with van der Waals surface area (Å²) in [5.41, 5.74) is 5.41. The molecule has 2 aromatic heterocycles. The summed E-state index contributed by atoms with van der Waals surface area (Å²) in [5, 5.41) is 16.4. The first kappa shape index (κ1) is 36.7. The van der Waals surface area contributed by atoms with Gasteiger partial charge in [0, 0.05) is 88.2 Å². The van der Waals surface area contributed by atoms with Crippen molar-refractivity contribution in [2.24, 2.45) is 24.9 Å². The molecule has 0 atom stereocenters. The van der Waals surface area contributed by atoms with Crippen LogP contribution in [0.1, 0.15) is 90.0 Å². The van der Waals surface area contributed by atoms with Crippen LogP contribution >= 0.6 is 23.2 Å². The number of halogens is 2. The number of benzene rings is 2. The highest BCUT2D eigenvalue weighted by molar-refractivity contribution is 6.40. The zero-order valence-electron chi connectivity index (χ0n) is 31.1. The number of nitrogens with zero attached hydrogens (tertiary/aromatic N) is 6. The Morgan fingerprint density at radius 1 is 0.796 bits per heavy atom. The number of anilines is 2. The van der Waals surface area contributed by atoms with Crippen molar-refractivity contribution in [2.45, 2.75) is 77.9 Å². The van der Waals surface area contributed by atoms with Gasteiger partial charge in [-0.25, -0.2) is 9.97 Å².